The zero-order valence-electron chi connectivity index (χ0n) is 17.5. The van der Waals surface area contributed by atoms with Crippen LogP contribution in [-0.4, -0.2) is 27.0 Å². The number of aliphatic hydroxyl groups excluding tert-OH is 1. The minimum Gasteiger partial charge on any atom is -0.497 e. The third-order valence-electron chi connectivity index (χ3n) is 7.05. The molecule has 0 aliphatic heterocycles. The maximum Gasteiger partial charge on any atom is 0.118 e. The summed E-state index contributed by atoms with van der Waals surface area (Å²) in [5, 5.41) is 15.6. The van der Waals surface area contributed by atoms with Crippen molar-refractivity contribution < 1.29 is 9.84 Å². The van der Waals surface area contributed by atoms with Gasteiger partial charge in [0.05, 0.1) is 37.0 Å². The van der Waals surface area contributed by atoms with Crippen LogP contribution in [0.25, 0.3) is 11.8 Å². The molecule has 0 saturated heterocycles. The molecule has 3 atom stereocenters. The summed E-state index contributed by atoms with van der Waals surface area (Å²) in [7, 11) is 1.66. The van der Waals surface area contributed by atoms with Gasteiger partial charge in [-0.1, -0.05) is 24.6 Å². The quantitative estimate of drug-likeness (QED) is 0.670. The van der Waals surface area contributed by atoms with Crippen LogP contribution in [-0.2, 0) is 6.42 Å². The highest BCUT2D eigenvalue weighted by Crippen LogP contribution is 2.55. The van der Waals surface area contributed by atoms with Gasteiger partial charge in [-0.25, -0.2) is 4.68 Å². The maximum absolute atomic E-state index is 10.9. The number of pyridine rings is 1. The van der Waals surface area contributed by atoms with Gasteiger partial charge in [0.2, 0.25) is 0 Å². The predicted molar refractivity (Wildman–Crippen MR) is 116 cm³/mol. The Morgan fingerprint density at radius 1 is 1.23 bits per heavy atom. The van der Waals surface area contributed by atoms with E-state index < -0.39 is 6.10 Å². The molecule has 1 N–H and O–H groups in total. The molecule has 5 nitrogen and oxygen atoms in total. The number of hydrogen-bond acceptors (Lipinski definition) is 4. The van der Waals surface area contributed by atoms with E-state index in [1.807, 2.05) is 53.5 Å². The van der Waals surface area contributed by atoms with Crippen molar-refractivity contribution in [2.24, 2.45) is 11.3 Å². The summed E-state index contributed by atoms with van der Waals surface area (Å²) in [5.74, 6) is 1.25. The van der Waals surface area contributed by atoms with E-state index in [2.05, 4.69) is 23.1 Å². The van der Waals surface area contributed by atoms with Gasteiger partial charge >= 0.3 is 0 Å². The standard InChI is InChI=1S/C25H27N3O2/c1-25-14-18-15-27-28(21-4-3-11-26-16-21)23(18)12-19(25)7-8-20(25)13-24(29)17-5-9-22(30-2)10-6-17/h3-6,9-12,15-16,20,24,29H,7-8,13-14H2,1-2H3/t20-,24?,25+/m1/s1. The molecule has 2 aliphatic rings. The summed E-state index contributed by atoms with van der Waals surface area (Å²) in [4.78, 5) is 4.24. The molecule has 0 amide bonds. The zero-order valence-corrected chi connectivity index (χ0v) is 17.5. The molecule has 3 aromatic rings. The molecule has 1 aromatic carbocycles. The molecule has 1 unspecified atom stereocenters. The first kappa shape index (κ1) is 19.1. The third-order valence-corrected chi connectivity index (χ3v) is 7.05. The summed E-state index contributed by atoms with van der Waals surface area (Å²) in [6, 6.07) is 11.7. The first-order valence-electron chi connectivity index (χ1n) is 10.6. The number of aromatic nitrogens is 3. The smallest absolute Gasteiger partial charge is 0.118 e. The fourth-order valence-corrected chi connectivity index (χ4v) is 5.23. The van der Waals surface area contributed by atoms with Crippen molar-refractivity contribution in [3.05, 3.63) is 77.4 Å². The van der Waals surface area contributed by atoms with Crippen molar-refractivity contribution in [1.29, 1.82) is 0 Å². The van der Waals surface area contributed by atoms with Crippen LogP contribution >= 0.6 is 0 Å². The Hall–Kier alpha value is -2.92. The van der Waals surface area contributed by atoms with Crippen LogP contribution in [0.2, 0.25) is 0 Å². The zero-order chi connectivity index (χ0) is 20.7. The minimum absolute atomic E-state index is 0.0727. The Balaban J connectivity index is 1.39. The van der Waals surface area contributed by atoms with Gasteiger partial charge in [0, 0.05) is 6.20 Å². The molecule has 2 aliphatic carbocycles. The van der Waals surface area contributed by atoms with Gasteiger partial charge in [-0.15, -0.1) is 0 Å². The molecule has 1 saturated carbocycles. The molecule has 0 spiro atoms. The number of rotatable bonds is 5. The largest absolute Gasteiger partial charge is 0.497 e. The number of aliphatic hydroxyl groups is 1. The van der Waals surface area contributed by atoms with Crippen molar-refractivity contribution in [1.82, 2.24) is 14.8 Å². The molecule has 2 heterocycles. The van der Waals surface area contributed by atoms with Gasteiger partial charge in [-0.05, 0) is 78.5 Å². The summed E-state index contributed by atoms with van der Waals surface area (Å²) < 4.78 is 7.23. The number of benzene rings is 1. The second kappa shape index (κ2) is 7.40. The Bertz CT molecular complexity index is 1070. The Morgan fingerprint density at radius 2 is 2.07 bits per heavy atom. The second-order valence-electron chi connectivity index (χ2n) is 8.70. The number of nitrogens with zero attached hydrogens (tertiary/aromatic N) is 3. The summed E-state index contributed by atoms with van der Waals surface area (Å²) in [5.41, 5.74) is 5.94. The van der Waals surface area contributed by atoms with Gasteiger partial charge in [-0.3, -0.25) is 4.98 Å². The molecule has 2 aromatic heterocycles. The first-order valence-corrected chi connectivity index (χ1v) is 10.6. The lowest BCUT2D eigenvalue weighted by Crippen LogP contribution is -2.30. The number of ether oxygens (including phenoxy) is 1. The van der Waals surface area contributed by atoms with Crippen molar-refractivity contribution in [3.8, 4) is 11.4 Å². The molecular weight excluding hydrogens is 374 g/mol. The van der Waals surface area contributed by atoms with Crippen LogP contribution in [0.5, 0.6) is 5.75 Å². The minimum atomic E-state index is -0.461. The van der Waals surface area contributed by atoms with E-state index in [9.17, 15) is 5.11 Å². The lowest BCUT2D eigenvalue weighted by molar-refractivity contribution is 0.112. The average molecular weight is 402 g/mol. The van der Waals surface area contributed by atoms with Crippen LogP contribution in [0.1, 0.15) is 49.1 Å². The lowest BCUT2D eigenvalue weighted by atomic mass is 9.68. The molecule has 0 radical (unpaired) electrons. The van der Waals surface area contributed by atoms with Crippen LogP contribution < -0.4 is 4.74 Å². The summed E-state index contributed by atoms with van der Waals surface area (Å²) in [6.07, 6.45) is 11.4. The Morgan fingerprint density at radius 3 is 2.80 bits per heavy atom. The van der Waals surface area contributed by atoms with Crippen LogP contribution in [0.15, 0.2) is 60.6 Å². The SMILES string of the molecule is COc1ccc(C(O)C[C@H]2CCC3=Cc4c(cnn4-c4cccnc4)C[C@@]32C)cc1. The van der Waals surface area contributed by atoms with E-state index in [0.717, 1.165) is 42.7 Å². The highest BCUT2D eigenvalue weighted by Gasteiger charge is 2.46. The summed E-state index contributed by atoms with van der Waals surface area (Å²) in [6.45, 7) is 2.36. The van der Waals surface area contributed by atoms with E-state index in [0.29, 0.717) is 5.92 Å². The highest BCUT2D eigenvalue weighted by molar-refractivity contribution is 5.61. The van der Waals surface area contributed by atoms with Gasteiger partial charge in [0.15, 0.2) is 0 Å². The normalized spacial score (nSPS) is 23.4. The van der Waals surface area contributed by atoms with Crippen molar-refractivity contribution in [2.75, 3.05) is 7.11 Å². The molecule has 1 fully saturated rings. The Labute approximate surface area is 177 Å². The fourth-order valence-electron chi connectivity index (χ4n) is 5.23. The van der Waals surface area contributed by atoms with E-state index in [1.165, 1.54) is 16.8 Å². The van der Waals surface area contributed by atoms with Crippen molar-refractivity contribution in [2.45, 2.75) is 38.7 Å². The fraction of sp³-hybridized carbons (Fsp3) is 0.360. The van der Waals surface area contributed by atoms with E-state index in [1.54, 1.807) is 13.3 Å². The van der Waals surface area contributed by atoms with E-state index in [-0.39, 0.29) is 5.41 Å². The second-order valence-corrected chi connectivity index (χ2v) is 8.70. The predicted octanol–water partition coefficient (Wildman–Crippen LogP) is 4.76. The number of fused-ring (bicyclic) bond motifs is 2. The van der Waals surface area contributed by atoms with Gasteiger partial charge in [-0.2, -0.15) is 5.10 Å². The molecule has 5 heteroatoms. The molecular formula is C25H27N3O2. The third kappa shape index (κ3) is 3.14. The van der Waals surface area contributed by atoms with E-state index >= 15 is 0 Å². The van der Waals surface area contributed by atoms with Crippen LogP contribution in [0, 0.1) is 11.3 Å². The molecule has 0 bridgehead atoms. The maximum atomic E-state index is 10.9. The van der Waals surface area contributed by atoms with E-state index in [4.69, 9.17) is 4.74 Å². The lowest BCUT2D eigenvalue weighted by Gasteiger charge is -2.37. The summed E-state index contributed by atoms with van der Waals surface area (Å²) >= 11 is 0. The number of methoxy groups -OCH3 is 1. The highest BCUT2D eigenvalue weighted by atomic mass is 16.5. The van der Waals surface area contributed by atoms with Crippen molar-refractivity contribution >= 4 is 6.08 Å². The first-order chi connectivity index (χ1) is 14.6. The number of allylic oxidation sites excluding steroid dienone is 1. The van der Waals surface area contributed by atoms with Gasteiger partial charge in [0.25, 0.3) is 0 Å². The van der Waals surface area contributed by atoms with Crippen LogP contribution in [0.4, 0.5) is 0 Å². The topological polar surface area (TPSA) is 60.2 Å². The van der Waals surface area contributed by atoms with Crippen molar-refractivity contribution in [3.63, 3.8) is 0 Å². The van der Waals surface area contributed by atoms with Crippen LogP contribution in [0.3, 0.4) is 0 Å². The number of hydrogen-bond donors (Lipinski definition) is 1. The monoisotopic (exact) mass is 401 g/mol. The Kier molecular flexibility index (Phi) is 4.70. The van der Waals surface area contributed by atoms with Gasteiger partial charge in [0.1, 0.15) is 5.75 Å². The van der Waals surface area contributed by atoms with Gasteiger partial charge < -0.3 is 9.84 Å². The molecule has 154 valence electrons. The molecule has 5 rings (SSSR count). The average Bonchev–Trinajstić information content (AvgIpc) is 3.32. The molecule has 30 heavy (non-hydrogen) atoms.